The van der Waals surface area contributed by atoms with Crippen LogP contribution in [0, 0.1) is 17.5 Å². The second kappa shape index (κ2) is 10.1. The first-order chi connectivity index (χ1) is 16.3. The molecule has 0 amide bonds. The lowest BCUT2D eigenvalue weighted by atomic mass is 9.90. The molecule has 4 N–H and O–H groups in total. The summed E-state index contributed by atoms with van der Waals surface area (Å²) in [6.07, 6.45) is -5.57. The lowest BCUT2D eigenvalue weighted by Gasteiger charge is -2.40. The van der Waals surface area contributed by atoms with E-state index in [2.05, 4.69) is 0 Å². The van der Waals surface area contributed by atoms with E-state index in [1.807, 2.05) is 12.1 Å². The fourth-order valence-corrected chi connectivity index (χ4v) is 3.82. The van der Waals surface area contributed by atoms with Gasteiger partial charge in [-0.3, -0.25) is 0 Å². The van der Waals surface area contributed by atoms with Crippen molar-refractivity contribution in [2.45, 2.75) is 36.9 Å². The van der Waals surface area contributed by atoms with E-state index in [1.165, 1.54) is 0 Å². The minimum absolute atomic E-state index is 0.256. The maximum Gasteiger partial charge on any atom is 0.168 e. The van der Waals surface area contributed by atoms with Gasteiger partial charge in [-0.2, -0.15) is 0 Å². The molecular weight excluding hydrogens is 453 g/mol. The Bertz CT molecular complexity index is 1120. The Labute approximate surface area is 193 Å². The van der Waals surface area contributed by atoms with Crippen LogP contribution < -0.4 is 4.74 Å². The number of ether oxygens (including phenoxy) is 2. The Kier molecular flexibility index (Phi) is 7.20. The van der Waals surface area contributed by atoms with Gasteiger partial charge in [-0.1, -0.05) is 36.4 Å². The van der Waals surface area contributed by atoms with Gasteiger partial charge in [0.15, 0.2) is 23.2 Å². The van der Waals surface area contributed by atoms with E-state index >= 15 is 0 Å². The van der Waals surface area contributed by atoms with Crippen molar-refractivity contribution in [1.82, 2.24) is 0 Å². The van der Waals surface area contributed by atoms with Gasteiger partial charge in [0.1, 0.15) is 36.3 Å². The van der Waals surface area contributed by atoms with Crippen LogP contribution >= 0.6 is 0 Å². The van der Waals surface area contributed by atoms with Crippen molar-refractivity contribution >= 4 is 0 Å². The molecule has 0 aromatic heterocycles. The molecule has 3 aromatic carbocycles. The van der Waals surface area contributed by atoms with Crippen LogP contribution in [0.5, 0.6) is 11.5 Å². The molecule has 0 saturated carbocycles. The molecule has 1 aliphatic heterocycles. The zero-order chi connectivity index (χ0) is 24.4. The van der Waals surface area contributed by atoms with Crippen molar-refractivity contribution in [1.29, 1.82) is 0 Å². The number of rotatable bonds is 6. The number of benzene rings is 3. The van der Waals surface area contributed by atoms with Crippen molar-refractivity contribution in [3.63, 3.8) is 0 Å². The summed E-state index contributed by atoms with van der Waals surface area (Å²) >= 11 is 0. The molecule has 1 saturated heterocycles. The maximum absolute atomic E-state index is 13.8. The SMILES string of the molecule is OC[C@H]1O[C@@H](c2ccc(Cc3ccc(Oc4cc(F)c(F)cc4F)cc3)cc2)[C@H](O)[C@@H](O)[C@@H]1O. The van der Waals surface area contributed by atoms with E-state index in [-0.39, 0.29) is 5.75 Å². The molecule has 4 rings (SSSR count). The van der Waals surface area contributed by atoms with Gasteiger partial charge in [-0.15, -0.1) is 0 Å². The van der Waals surface area contributed by atoms with E-state index in [0.29, 0.717) is 24.1 Å². The van der Waals surface area contributed by atoms with Crippen LogP contribution in [0.2, 0.25) is 0 Å². The molecule has 0 spiro atoms. The van der Waals surface area contributed by atoms with E-state index < -0.39 is 60.3 Å². The summed E-state index contributed by atoms with van der Waals surface area (Å²) < 4.78 is 51.0. The highest BCUT2D eigenvalue weighted by atomic mass is 19.2. The normalized spacial score (nSPS) is 24.7. The monoisotopic (exact) mass is 476 g/mol. The summed E-state index contributed by atoms with van der Waals surface area (Å²) in [5, 5.41) is 39.5. The van der Waals surface area contributed by atoms with Gasteiger partial charge in [0.25, 0.3) is 0 Å². The predicted molar refractivity (Wildman–Crippen MR) is 115 cm³/mol. The van der Waals surface area contributed by atoms with Gasteiger partial charge in [0.05, 0.1) is 6.61 Å². The van der Waals surface area contributed by atoms with E-state index in [0.717, 1.165) is 11.1 Å². The third kappa shape index (κ3) is 5.08. The molecule has 1 heterocycles. The van der Waals surface area contributed by atoms with Crippen molar-refractivity contribution in [2.75, 3.05) is 6.61 Å². The summed E-state index contributed by atoms with van der Waals surface area (Å²) in [5.41, 5.74) is 2.41. The molecule has 34 heavy (non-hydrogen) atoms. The summed E-state index contributed by atoms with van der Waals surface area (Å²) in [6.45, 7) is -0.498. The van der Waals surface area contributed by atoms with Crippen LogP contribution in [0.1, 0.15) is 22.8 Å². The lowest BCUT2D eigenvalue weighted by Crippen LogP contribution is -2.55. The topological polar surface area (TPSA) is 99.4 Å². The second-order valence-electron chi connectivity index (χ2n) is 8.11. The fraction of sp³-hybridized carbons (Fsp3) is 0.280. The fourth-order valence-electron chi connectivity index (χ4n) is 3.82. The zero-order valence-corrected chi connectivity index (χ0v) is 17.8. The minimum atomic E-state index is -1.45. The number of hydrogen-bond donors (Lipinski definition) is 4. The quantitative estimate of drug-likeness (QED) is 0.409. The van der Waals surface area contributed by atoms with Crippen LogP contribution in [0.15, 0.2) is 60.7 Å². The Morgan fingerprint density at radius 3 is 1.94 bits per heavy atom. The van der Waals surface area contributed by atoms with Gasteiger partial charge in [-0.05, 0) is 35.2 Å². The van der Waals surface area contributed by atoms with Crippen LogP contribution in [-0.2, 0) is 11.2 Å². The van der Waals surface area contributed by atoms with Gasteiger partial charge in [0.2, 0.25) is 0 Å². The average molecular weight is 476 g/mol. The maximum atomic E-state index is 13.8. The Morgan fingerprint density at radius 1 is 0.735 bits per heavy atom. The molecule has 0 unspecified atom stereocenters. The van der Waals surface area contributed by atoms with Gasteiger partial charge in [-0.25, -0.2) is 13.2 Å². The standard InChI is InChI=1S/C25H23F3O6/c26-17-10-19(28)20(11-18(17)27)33-16-7-3-14(4-8-16)9-13-1-5-15(6-2-13)25-24(32)23(31)22(30)21(12-29)34-25/h1-8,10-11,21-25,29-32H,9,12H2/t21-,22-,23+,24-,25+/m1/s1. The first-order valence-corrected chi connectivity index (χ1v) is 10.6. The lowest BCUT2D eigenvalue weighted by molar-refractivity contribution is -0.231. The summed E-state index contributed by atoms with van der Waals surface area (Å²) in [6, 6.07) is 14.8. The molecule has 3 aromatic rings. The number of halogens is 3. The Morgan fingerprint density at radius 2 is 1.32 bits per heavy atom. The number of aliphatic hydroxyl groups is 4. The van der Waals surface area contributed by atoms with Gasteiger partial charge >= 0.3 is 0 Å². The molecule has 6 nitrogen and oxygen atoms in total. The first-order valence-electron chi connectivity index (χ1n) is 10.6. The van der Waals surface area contributed by atoms with Crippen LogP contribution in [-0.4, -0.2) is 51.4 Å². The second-order valence-corrected chi connectivity index (χ2v) is 8.11. The highest BCUT2D eigenvalue weighted by molar-refractivity contribution is 5.37. The minimum Gasteiger partial charge on any atom is -0.454 e. The molecule has 180 valence electrons. The summed E-state index contributed by atoms with van der Waals surface area (Å²) in [5.74, 6) is -3.68. The van der Waals surface area contributed by atoms with Gasteiger partial charge < -0.3 is 29.9 Å². The van der Waals surface area contributed by atoms with Crippen LogP contribution in [0.4, 0.5) is 13.2 Å². The van der Waals surface area contributed by atoms with Crippen LogP contribution in [0.3, 0.4) is 0 Å². The highest BCUT2D eigenvalue weighted by Crippen LogP contribution is 2.33. The van der Waals surface area contributed by atoms with Crippen LogP contribution in [0.25, 0.3) is 0 Å². The molecular formula is C25H23F3O6. The molecule has 0 aliphatic carbocycles. The molecule has 0 bridgehead atoms. The van der Waals surface area contributed by atoms with Crippen molar-refractivity contribution in [3.8, 4) is 11.5 Å². The molecule has 9 heteroatoms. The highest BCUT2D eigenvalue weighted by Gasteiger charge is 2.43. The van der Waals surface area contributed by atoms with Gasteiger partial charge in [0, 0.05) is 12.1 Å². The third-order valence-corrected chi connectivity index (χ3v) is 5.73. The zero-order valence-electron chi connectivity index (χ0n) is 17.8. The summed E-state index contributed by atoms with van der Waals surface area (Å²) in [7, 11) is 0. The molecule has 0 radical (unpaired) electrons. The smallest absolute Gasteiger partial charge is 0.168 e. The van der Waals surface area contributed by atoms with Crippen molar-refractivity contribution < 1.29 is 43.1 Å². The molecule has 1 aliphatic rings. The third-order valence-electron chi connectivity index (χ3n) is 5.73. The number of aliphatic hydroxyl groups excluding tert-OH is 4. The van der Waals surface area contributed by atoms with Crippen molar-refractivity contribution in [2.24, 2.45) is 0 Å². The first kappa shape index (κ1) is 24.2. The molecule has 1 fully saturated rings. The molecule has 5 atom stereocenters. The Hall–Kier alpha value is -2.95. The average Bonchev–Trinajstić information content (AvgIpc) is 2.83. The largest absolute Gasteiger partial charge is 0.454 e. The summed E-state index contributed by atoms with van der Waals surface area (Å²) in [4.78, 5) is 0. The van der Waals surface area contributed by atoms with E-state index in [1.54, 1.807) is 36.4 Å². The van der Waals surface area contributed by atoms with E-state index in [9.17, 15) is 33.6 Å². The van der Waals surface area contributed by atoms with E-state index in [4.69, 9.17) is 9.47 Å². The predicted octanol–water partition coefficient (Wildman–Crippen LogP) is 3.00. The number of hydrogen-bond acceptors (Lipinski definition) is 6. The Balaban J connectivity index is 1.41. The van der Waals surface area contributed by atoms with Crippen molar-refractivity contribution in [3.05, 3.63) is 94.8 Å².